The highest BCUT2D eigenvalue weighted by Gasteiger charge is 2.39. The summed E-state index contributed by atoms with van der Waals surface area (Å²) in [4.78, 5) is 11.1. The van der Waals surface area contributed by atoms with Crippen molar-refractivity contribution in [3.63, 3.8) is 0 Å². The van der Waals surface area contributed by atoms with E-state index in [1.165, 1.54) is 56.8 Å². The number of aromatic nitrogens is 2. The van der Waals surface area contributed by atoms with Gasteiger partial charge in [-0.05, 0) is 93.9 Å². The van der Waals surface area contributed by atoms with E-state index in [0.717, 1.165) is 42.1 Å². The van der Waals surface area contributed by atoms with Crippen molar-refractivity contribution in [2.24, 2.45) is 0 Å². The Morgan fingerprint density at radius 1 is 1.00 bits per heavy atom. The van der Waals surface area contributed by atoms with Crippen molar-refractivity contribution in [3.8, 4) is 11.5 Å². The minimum absolute atomic E-state index is 0.0507. The maximum absolute atomic E-state index is 16.1. The van der Waals surface area contributed by atoms with Crippen LogP contribution in [0.3, 0.4) is 0 Å². The topological polar surface area (TPSA) is 88.1 Å². The molecule has 1 aliphatic heterocycles. The van der Waals surface area contributed by atoms with Crippen molar-refractivity contribution >= 4 is 21.5 Å². The van der Waals surface area contributed by atoms with Gasteiger partial charge in [0.05, 0.1) is 20.8 Å². The molecule has 2 fully saturated rings. The molecule has 0 spiro atoms. The second kappa shape index (κ2) is 14.3. The summed E-state index contributed by atoms with van der Waals surface area (Å²) in [6.45, 7) is 0.841. The van der Waals surface area contributed by atoms with Crippen LogP contribution in [0.5, 0.6) is 11.5 Å². The van der Waals surface area contributed by atoms with Gasteiger partial charge in [0.25, 0.3) is 10.0 Å². The summed E-state index contributed by atoms with van der Waals surface area (Å²) in [5.74, 6) is -0.867. The first-order valence-electron chi connectivity index (χ1n) is 16.5. The van der Waals surface area contributed by atoms with Crippen LogP contribution in [0.2, 0.25) is 0 Å². The molecular weight excluding hydrogens is 649 g/mol. The van der Waals surface area contributed by atoms with E-state index < -0.39 is 26.6 Å². The number of methoxy groups -OCH3 is 2. The van der Waals surface area contributed by atoms with Crippen molar-refractivity contribution in [2.45, 2.75) is 61.4 Å². The summed E-state index contributed by atoms with van der Waals surface area (Å²) >= 11 is 0. The number of hydrogen-bond acceptors (Lipinski definition) is 8. The summed E-state index contributed by atoms with van der Waals surface area (Å²) in [6.07, 6.45) is 8.59. The SMILES string of the molecule is COc1ccc(CN(c2ccncn2)S(=O)(=O)c2c(F)cc(N3CCCC(CCc4cccc(C5CC5)c4)(N(C)C)C3)cc2F)c(OC)c1. The molecule has 0 bridgehead atoms. The third-order valence-electron chi connectivity index (χ3n) is 9.91. The highest BCUT2D eigenvalue weighted by atomic mass is 32.2. The van der Waals surface area contributed by atoms with E-state index in [2.05, 4.69) is 53.2 Å². The van der Waals surface area contributed by atoms with Crippen LogP contribution in [-0.4, -0.2) is 70.2 Å². The van der Waals surface area contributed by atoms with E-state index in [4.69, 9.17) is 9.47 Å². The average molecular weight is 692 g/mol. The van der Waals surface area contributed by atoms with Crippen molar-refractivity contribution in [1.82, 2.24) is 14.9 Å². The summed E-state index contributed by atoms with van der Waals surface area (Å²) in [5.41, 5.74) is 3.22. The molecule has 0 amide bonds. The molecule has 1 unspecified atom stereocenters. The van der Waals surface area contributed by atoms with Gasteiger partial charge in [-0.2, -0.15) is 0 Å². The van der Waals surface area contributed by atoms with Gasteiger partial charge >= 0.3 is 0 Å². The summed E-state index contributed by atoms with van der Waals surface area (Å²) in [7, 11) is 2.25. The number of hydrogen-bond donors (Lipinski definition) is 0. The first-order valence-corrected chi connectivity index (χ1v) is 18.0. The molecule has 1 aliphatic carbocycles. The summed E-state index contributed by atoms with van der Waals surface area (Å²) in [5, 5.41) is 0. The maximum Gasteiger partial charge on any atom is 0.271 e. The number of ether oxygens (including phenoxy) is 2. The quantitative estimate of drug-likeness (QED) is 0.156. The first-order chi connectivity index (χ1) is 23.5. The van der Waals surface area contributed by atoms with Gasteiger partial charge in [0.15, 0.2) is 4.90 Å². The number of anilines is 2. The van der Waals surface area contributed by atoms with Gasteiger partial charge in [0, 0.05) is 48.2 Å². The fourth-order valence-electron chi connectivity index (χ4n) is 6.86. The van der Waals surface area contributed by atoms with E-state index in [0.29, 0.717) is 41.8 Å². The number of rotatable bonds is 13. The Kier molecular flexibility index (Phi) is 10.1. The second-order valence-corrected chi connectivity index (χ2v) is 15.0. The van der Waals surface area contributed by atoms with Gasteiger partial charge in [0.2, 0.25) is 0 Å². The summed E-state index contributed by atoms with van der Waals surface area (Å²) < 4.78 is 72.1. The molecule has 1 saturated carbocycles. The summed E-state index contributed by atoms with van der Waals surface area (Å²) in [6, 6.07) is 17.4. The minimum atomic E-state index is -4.80. The lowest BCUT2D eigenvalue weighted by Crippen LogP contribution is -2.56. The fourth-order valence-corrected chi connectivity index (χ4v) is 8.36. The average Bonchev–Trinajstić information content (AvgIpc) is 3.96. The van der Waals surface area contributed by atoms with E-state index >= 15 is 8.78 Å². The molecule has 1 atom stereocenters. The van der Waals surface area contributed by atoms with Gasteiger partial charge in [-0.1, -0.05) is 24.3 Å². The van der Waals surface area contributed by atoms with Crippen LogP contribution in [0.15, 0.2) is 78.1 Å². The van der Waals surface area contributed by atoms with E-state index in [1.807, 2.05) is 4.90 Å². The van der Waals surface area contributed by atoms with E-state index in [-0.39, 0.29) is 17.9 Å². The van der Waals surface area contributed by atoms with E-state index in [9.17, 15) is 8.42 Å². The molecule has 9 nitrogen and oxygen atoms in total. The van der Waals surface area contributed by atoms with Crippen LogP contribution >= 0.6 is 0 Å². The third-order valence-corrected chi connectivity index (χ3v) is 11.7. The molecule has 2 heterocycles. The van der Waals surface area contributed by atoms with Crippen LogP contribution in [0, 0.1) is 11.6 Å². The number of sulfonamides is 1. The first kappa shape index (κ1) is 34.6. The smallest absolute Gasteiger partial charge is 0.271 e. The number of benzene rings is 3. The Bertz CT molecular complexity index is 1870. The highest BCUT2D eigenvalue weighted by Crippen LogP contribution is 2.41. The molecule has 49 heavy (non-hydrogen) atoms. The molecule has 0 N–H and O–H groups in total. The molecule has 6 rings (SSSR count). The Morgan fingerprint density at radius 3 is 2.43 bits per heavy atom. The molecule has 12 heteroatoms. The fraction of sp³-hybridized carbons (Fsp3) is 0.405. The lowest BCUT2D eigenvalue weighted by Gasteiger charge is -2.48. The molecular formula is C37H43F2N5O4S. The van der Waals surface area contributed by atoms with Gasteiger partial charge in [-0.3, -0.25) is 0 Å². The van der Waals surface area contributed by atoms with Crippen molar-refractivity contribution in [3.05, 3.63) is 102 Å². The molecule has 2 aliphatic rings. The maximum atomic E-state index is 16.1. The standard InChI is InChI=1S/C37H43F2N5O4S/c1-42(2)37(16-13-26-7-5-8-28(19-26)27-9-10-27)15-6-18-43(24-37)30-20-32(38)36(33(39)21-30)49(45,46)44(35-14-17-40-25-41-35)23-29-11-12-31(47-3)22-34(29)48-4/h5,7-8,11-12,14,17,19-22,25,27H,6,9-10,13,15-16,18,23-24H2,1-4H3. The van der Waals surface area contributed by atoms with Crippen molar-refractivity contribution < 1.29 is 26.7 Å². The second-order valence-electron chi connectivity index (χ2n) is 13.2. The normalized spacial score (nSPS) is 18.1. The van der Waals surface area contributed by atoms with E-state index in [1.54, 1.807) is 18.2 Å². The predicted molar refractivity (Wildman–Crippen MR) is 186 cm³/mol. The lowest BCUT2D eigenvalue weighted by molar-refractivity contribution is 0.116. The van der Waals surface area contributed by atoms with Gasteiger partial charge in [-0.25, -0.2) is 31.5 Å². The van der Waals surface area contributed by atoms with Gasteiger partial charge in [0.1, 0.15) is 35.3 Å². The number of piperidine rings is 1. The number of aryl methyl sites for hydroxylation is 1. The Labute approximate surface area is 287 Å². The van der Waals surface area contributed by atoms with Crippen LogP contribution in [0.1, 0.15) is 54.7 Å². The Balaban J connectivity index is 1.28. The monoisotopic (exact) mass is 691 g/mol. The van der Waals surface area contributed by atoms with Gasteiger partial charge < -0.3 is 19.3 Å². The van der Waals surface area contributed by atoms with Crippen LogP contribution in [0.25, 0.3) is 0 Å². The zero-order chi connectivity index (χ0) is 34.8. The van der Waals surface area contributed by atoms with Crippen LogP contribution in [0.4, 0.5) is 20.3 Å². The number of likely N-dealkylation sites (N-methyl/N-ethyl adjacent to an activating group) is 1. The van der Waals surface area contributed by atoms with Crippen molar-refractivity contribution in [2.75, 3.05) is 50.6 Å². The molecule has 1 aromatic heterocycles. The minimum Gasteiger partial charge on any atom is -0.497 e. The molecule has 3 aromatic carbocycles. The Morgan fingerprint density at radius 2 is 1.78 bits per heavy atom. The highest BCUT2D eigenvalue weighted by molar-refractivity contribution is 7.92. The molecule has 1 saturated heterocycles. The van der Waals surface area contributed by atoms with Crippen molar-refractivity contribution in [1.29, 1.82) is 0 Å². The predicted octanol–water partition coefficient (Wildman–Crippen LogP) is 6.58. The number of halogens is 2. The van der Waals surface area contributed by atoms with Crippen LogP contribution in [-0.2, 0) is 23.0 Å². The van der Waals surface area contributed by atoms with Crippen LogP contribution < -0.4 is 18.7 Å². The number of nitrogens with zero attached hydrogens (tertiary/aromatic N) is 5. The van der Waals surface area contributed by atoms with Gasteiger partial charge in [-0.15, -0.1) is 0 Å². The third kappa shape index (κ3) is 7.35. The molecule has 260 valence electrons. The molecule has 4 aromatic rings. The lowest BCUT2D eigenvalue weighted by atomic mass is 9.82. The Hall–Kier alpha value is -4.29. The largest absolute Gasteiger partial charge is 0.497 e. The molecule has 0 radical (unpaired) electrons. The zero-order valence-electron chi connectivity index (χ0n) is 28.4. The zero-order valence-corrected chi connectivity index (χ0v) is 29.2.